The number of carbonyl (C=O) groups excluding carboxylic acids is 2. The molecule has 0 saturated heterocycles. The molecule has 0 atom stereocenters. The summed E-state index contributed by atoms with van der Waals surface area (Å²) in [6.07, 6.45) is 1.86. The largest absolute Gasteiger partial charge is 0.339 e. The highest BCUT2D eigenvalue weighted by atomic mass is 32.2. The van der Waals surface area contributed by atoms with Crippen molar-refractivity contribution in [3.8, 4) is 0 Å². The summed E-state index contributed by atoms with van der Waals surface area (Å²) >= 11 is 1.51. The number of rotatable bonds is 8. The summed E-state index contributed by atoms with van der Waals surface area (Å²) in [4.78, 5) is 32.2. The van der Waals surface area contributed by atoms with Crippen molar-refractivity contribution in [2.24, 2.45) is 0 Å². The van der Waals surface area contributed by atoms with E-state index in [2.05, 4.69) is 19.2 Å². The van der Waals surface area contributed by atoms with E-state index in [-0.39, 0.29) is 11.8 Å². The topological polar surface area (TPSA) is 62.3 Å². The zero-order valence-corrected chi connectivity index (χ0v) is 18.5. The van der Waals surface area contributed by atoms with Crippen molar-refractivity contribution in [1.29, 1.82) is 0 Å². The van der Waals surface area contributed by atoms with Crippen LogP contribution < -0.4 is 5.32 Å². The van der Waals surface area contributed by atoms with Crippen LogP contribution >= 0.6 is 11.8 Å². The molecule has 2 amide bonds. The summed E-state index contributed by atoms with van der Waals surface area (Å²) in [5.41, 5.74) is 2.26. The third kappa shape index (κ3) is 5.39. The molecule has 0 unspecified atom stereocenters. The molecule has 30 heavy (non-hydrogen) atoms. The summed E-state index contributed by atoms with van der Waals surface area (Å²) in [5.74, 6) is -0.0429. The van der Waals surface area contributed by atoms with Gasteiger partial charge in [0.05, 0.1) is 11.1 Å². The number of amides is 2. The van der Waals surface area contributed by atoms with Crippen LogP contribution in [0.4, 0.5) is 5.69 Å². The zero-order chi connectivity index (χ0) is 21.5. The maximum Gasteiger partial charge on any atom is 0.254 e. The monoisotopic (exact) mass is 421 g/mol. The lowest BCUT2D eigenvalue weighted by atomic mass is 10.1. The van der Waals surface area contributed by atoms with Gasteiger partial charge >= 0.3 is 0 Å². The molecule has 0 bridgehead atoms. The maximum absolute atomic E-state index is 13.3. The lowest BCUT2D eigenvalue weighted by molar-refractivity contribution is -0.114. The summed E-state index contributed by atoms with van der Waals surface area (Å²) < 4.78 is 0. The second-order valence-electron chi connectivity index (χ2n) is 7.13. The van der Waals surface area contributed by atoms with Crippen LogP contribution in [-0.2, 0) is 4.79 Å². The number of benzene rings is 2. The van der Waals surface area contributed by atoms with Crippen LogP contribution in [0.1, 0.15) is 44.0 Å². The van der Waals surface area contributed by atoms with Crippen LogP contribution in [0.3, 0.4) is 0 Å². The van der Waals surface area contributed by atoms with Gasteiger partial charge < -0.3 is 10.2 Å². The number of para-hydroxylation sites is 1. The molecule has 0 aliphatic heterocycles. The number of hydrogen-bond acceptors (Lipinski definition) is 4. The van der Waals surface area contributed by atoms with Gasteiger partial charge in [0.25, 0.3) is 5.91 Å². The first-order valence-corrected chi connectivity index (χ1v) is 11.1. The van der Waals surface area contributed by atoms with E-state index in [1.54, 1.807) is 0 Å². The van der Waals surface area contributed by atoms with Crippen molar-refractivity contribution in [2.45, 2.75) is 43.5 Å². The number of nitrogens with one attached hydrogen (secondary N) is 1. The first-order valence-electron chi connectivity index (χ1n) is 10.3. The van der Waals surface area contributed by atoms with E-state index in [0.717, 1.165) is 52.4 Å². The Morgan fingerprint density at radius 1 is 1.00 bits per heavy atom. The number of pyridine rings is 1. The van der Waals surface area contributed by atoms with Crippen molar-refractivity contribution >= 4 is 40.2 Å². The Morgan fingerprint density at radius 3 is 2.30 bits per heavy atom. The van der Waals surface area contributed by atoms with E-state index in [1.807, 2.05) is 59.5 Å². The summed E-state index contributed by atoms with van der Waals surface area (Å²) in [7, 11) is 0. The average molecular weight is 422 g/mol. The number of hydrogen-bond donors (Lipinski definition) is 1. The van der Waals surface area contributed by atoms with Crippen molar-refractivity contribution in [3.63, 3.8) is 0 Å². The van der Waals surface area contributed by atoms with E-state index >= 15 is 0 Å². The van der Waals surface area contributed by atoms with Gasteiger partial charge in [0.1, 0.15) is 5.03 Å². The Bertz CT molecular complexity index is 1030. The Hall–Kier alpha value is -2.86. The molecule has 2 aromatic carbocycles. The molecule has 1 heterocycles. The molecule has 0 aliphatic carbocycles. The molecule has 3 rings (SSSR count). The number of nitrogens with zero attached hydrogens (tertiary/aromatic N) is 2. The fraction of sp³-hybridized carbons (Fsp3) is 0.292. The highest BCUT2D eigenvalue weighted by Crippen LogP contribution is 2.31. The second-order valence-corrected chi connectivity index (χ2v) is 8.22. The van der Waals surface area contributed by atoms with E-state index < -0.39 is 0 Å². The molecule has 6 heteroatoms. The smallest absolute Gasteiger partial charge is 0.254 e. The molecule has 1 N–H and O–H groups in total. The van der Waals surface area contributed by atoms with Crippen LogP contribution in [0, 0.1) is 0 Å². The quantitative estimate of drug-likeness (QED) is 0.514. The summed E-state index contributed by atoms with van der Waals surface area (Å²) in [6.45, 7) is 7.16. The van der Waals surface area contributed by atoms with Crippen molar-refractivity contribution in [3.05, 3.63) is 60.2 Å². The Morgan fingerprint density at radius 2 is 1.67 bits per heavy atom. The molecular formula is C24H27N3O2S. The van der Waals surface area contributed by atoms with Crippen LogP contribution in [0.25, 0.3) is 10.9 Å². The van der Waals surface area contributed by atoms with E-state index in [1.165, 1.54) is 18.7 Å². The molecule has 0 fully saturated rings. The van der Waals surface area contributed by atoms with Gasteiger partial charge in [0.15, 0.2) is 0 Å². The SMILES string of the molecule is CCCN(CCC)C(=O)c1cc(Sc2ccc(NC(C)=O)cc2)nc2ccccc12. The predicted octanol–water partition coefficient (Wildman–Crippen LogP) is 5.61. The number of aromatic nitrogens is 1. The normalized spacial score (nSPS) is 10.8. The molecule has 0 saturated carbocycles. The lowest BCUT2D eigenvalue weighted by Gasteiger charge is -2.22. The molecule has 0 radical (unpaired) electrons. The van der Waals surface area contributed by atoms with Gasteiger partial charge in [-0.05, 0) is 49.2 Å². The fourth-order valence-corrected chi connectivity index (χ4v) is 4.17. The third-order valence-electron chi connectivity index (χ3n) is 4.59. The van der Waals surface area contributed by atoms with Gasteiger partial charge in [-0.2, -0.15) is 0 Å². The molecule has 156 valence electrons. The van der Waals surface area contributed by atoms with Crippen molar-refractivity contribution in [1.82, 2.24) is 9.88 Å². The highest BCUT2D eigenvalue weighted by molar-refractivity contribution is 7.99. The number of carbonyl (C=O) groups is 2. The van der Waals surface area contributed by atoms with Gasteiger partial charge in [0, 0.05) is 36.0 Å². The first-order chi connectivity index (χ1) is 14.5. The molecule has 1 aromatic heterocycles. The minimum absolute atomic E-state index is 0.0557. The van der Waals surface area contributed by atoms with Crippen molar-refractivity contribution < 1.29 is 9.59 Å². The second kappa shape index (κ2) is 10.3. The molecule has 3 aromatic rings. The highest BCUT2D eigenvalue weighted by Gasteiger charge is 2.19. The Balaban J connectivity index is 1.94. The predicted molar refractivity (Wildman–Crippen MR) is 123 cm³/mol. The van der Waals surface area contributed by atoms with Gasteiger partial charge in [-0.15, -0.1) is 0 Å². The van der Waals surface area contributed by atoms with Gasteiger partial charge in [-0.1, -0.05) is 43.8 Å². The van der Waals surface area contributed by atoms with Gasteiger partial charge in [-0.3, -0.25) is 9.59 Å². The molecule has 5 nitrogen and oxygen atoms in total. The molecule has 0 spiro atoms. The van der Waals surface area contributed by atoms with E-state index in [4.69, 9.17) is 4.98 Å². The number of anilines is 1. The lowest BCUT2D eigenvalue weighted by Crippen LogP contribution is -2.32. The molecule has 0 aliphatic rings. The van der Waals surface area contributed by atoms with Crippen LogP contribution in [0.2, 0.25) is 0 Å². The summed E-state index contributed by atoms with van der Waals surface area (Å²) in [6, 6.07) is 17.3. The standard InChI is InChI=1S/C24H27N3O2S/c1-4-14-27(15-5-2)24(29)21-16-23(26-22-9-7-6-8-20(21)22)30-19-12-10-18(11-13-19)25-17(3)28/h6-13,16H,4-5,14-15H2,1-3H3,(H,25,28). The van der Waals surface area contributed by atoms with Crippen molar-refractivity contribution in [2.75, 3.05) is 18.4 Å². The van der Waals surface area contributed by atoms with E-state index in [0.29, 0.717) is 5.56 Å². The van der Waals surface area contributed by atoms with Gasteiger partial charge in [0.2, 0.25) is 5.91 Å². The van der Waals surface area contributed by atoms with Gasteiger partial charge in [-0.25, -0.2) is 4.98 Å². The Labute approximate surface area is 181 Å². The number of fused-ring (bicyclic) bond motifs is 1. The average Bonchev–Trinajstić information content (AvgIpc) is 2.73. The van der Waals surface area contributed by atoms with E-state index in [9.17, 15) is 9.59 Å². The zero-order valence-electron chi connectivity index (χ0n) is 17.6. The third-order valence-corrected chi connectivity index (χ3v) is 5.52. The van der Waals surface area contributed by atoms with Crippen LogP contribution in [0.15, 0.2) is 64.5 Å². The minimum atomic E-state index is -0.0986. The fourth-order valence-electron chi connectivity index (χ4n) is 3.34. The van der Waals surface area contributed by atoms with Crippen LogP contribution in [0.5, 0.6) is 0 Å². The Kier molecular flexibility index (Phi) is 7.46. The van der Waals surface area contributed by atoms with Crippen LogP contribution in [-0.4, -0.2) is 34.8 Å². The summed E-state index contributed by atoms with van der Waals surface area (Å²) in [5, 5.41) is 4.42. The maximum atomic E-state index is 13.3. The minimum Gasteiger partial charge on any atom is -0.339 e. The molecular weight excluding hydrogens is 394 g/mol. The first kappa shape index (κ1) is 21.8.